The van der Waals surface area contributed by atoms with Gasteiger partial charge in [-0.25, -0.2) is 0 Å². The van der Waals surface area contributed by atoms with Crippen LogP contribution >= 0.6 is 0 Å². The van der Waals surface area contributed by atoms with Crippen molar-refractivity contribution in [1.29, 1.82) is 0 Å². The van der Waals surface area contributed by atoms with E-state index in [1.54, 1.807) is 6.20 Å². The van der Waals surface area contributed by atoms with Crippen molar-refractivity contribution in [2.45, 2.75) is 38.4 Å². The molecule has 1 aromatic rings. The van der Waals surface area contributed by atoms with Crippen LogP contribution in [-0.2, 0) is 11.3 Å². The second kappa shape index (κ2) is 6.63. The van der Waals surface area contributed by atoms with Gasteiger partial charge in [-0.15, -0.1) is 0 Å². The van der Waals surface area contributed by atoms with E-state index < -0.39 is 5.97 Å². The molecule has 1 aliphatic heterocycles. The van der Waals surface area contributed by atoms with Crippen molar-refractivity contribution in [3.8, 4) is 0 Å². The Labute approximate surface area is 113 Å². The third-order valence-electron chi connectivity index (χ3n) is 3.41. The fourth-order valence-corrected chi connectivity index (χ4v) is 2.52. The summed E-state index contributed by atoms with van der Waals surface area (Å²) in [7, 11) is 0. The average Bonchev–Trinajstić information content (AvgIpc) is 2.52. The third-order valence-corrected chi connectivity index (χ3v) is 3.41. The molecule has 2 unspecified atom stereocenters. The van der Waals surface area contributed by atoms with E-state index in [0.717, 1.165) is 31.7 Å². The van der Waals surface area contributed by atoms with Gasteiger partial charge < -0.3 is 10.4 Å². The number of carbonyl (C=O) groups is 1. The molecule has 2 heterocycles. The van der Waals surface area contributed by atoms with Crippen LogP contribution in [0.3, 0.4) is 0 Å². The molecule has 5 nitrogen and oxygen atoms in total. The number of aromatic nitrogens is 1. The van der Waals surface area contributed by atoms with E-state index in [1.807, 2.05) is 18.2 Å². The predicted octanol–water partition coefficient (Wildman–Crippen LogP) is 1.11. The minimum atomic E-state index is -0.746. The van der Waals surface area contributed by atoms with Crippen LogP contribution in [0.5, 0.6) is 0 Å². The number of hydrogen-bond acceptors (Lipinski definition) is 4. The van der Waals surface area contributed by atoms with Gasteiger partial charge in [0, 0.05) is 37.9 Å². The average molecular weight is 263 g/mol. The first-order valence-corrected chi connectivity index (χ1v) is 6.73. The summed E-state index contributed by atoms with van der Waals surface area (Å²) < 4.78 is 0. The molecule has 0 aliphatic carbocycles. The molecule has 19 heavy (non-hydrogen) atoms. The lowest BCUT2D eigenvalue weighted by Gasteiger charge is -2.23. The summed E-state index contributed by atoms with van der Waals surface area (Å²) in [5.74, 6) is -0.746. The molecule has 1 aliphatic rings. The Morgan fingerprint density at radius 2 is 2.42 bits per heavy atom. The summed E-state index contributed by atoms with van der Waals surface area (Å²) in [6.07, 6.45) is 2.99. The van der Waals surface area contributed by atoms with Gasteiger partial charge in [0.15, 0.2) is 0 Å². The van der Waals surface area contributed by atoms with Gasteiger partial charge in [0.25, 0.3) is 0 Å². The van der Waals surface area contributed by atoms with Gasteiger partial charge in [-0.05, 0) is 25.5 Å². The molecule has 5 heteroatoms. The molecule has 0 aromatic carbocycles. The Balaban J connectivity index is 1.97. The first-order chi connectivity index (χ1) is 9.13. The van der Waals surface area contributed by atoms with E-state index in [1.165, 1.54) is 0 Å². The molecule has 0 radical (unpaired) electrons. The zero-order valence-electron chi connectivity index (χ0n) is 11.2. The molecule has 0 spiro atoms. The lowest BCUT2D eigenvalue weighted by atomic mass is 10.2. The Hall–Kier alpha value is -1.46. The highest BCUT2D eigenvalue weighted by atomic mass is 16.4. The molecule has 1 saturated heterocycles. The first-order valence-electron chi connectivity index (χ1n) is 6.73. The summed E-state index contributed by atoms with van der Waals surface area (Å²) in [4.78, 5) is 17.5. The minimum absolute atomic E-state index is 0.0127. The van der Waals surface area contributed by atoms with Gasteiger partial charge in [0.2, 0.25) is 0 Å². The van der Waals surface area contributed by atoms with Crippen LogP contribution in [0.1, 0.15) is 25.5 Å². The van der Waals surface area contributed by atoms with Gasteiger partial charge in [-0.1, -0.05) is 6.07 Å². The lowest BCUT2D eigenvalue weighted by Crippen LogP contribution is -2.41. The fourth-order valence-electron chi connectivity index (χ4n) is 2.52. The van der Waals surface area contributed by atoms with E-state index in [4.69, 9.17) is 5.11 Å². The van der Waals surface area contributed by atoms with Crippen LogP contribution < -0.4 is 5.32 Å². The summed E-state index contributed by atoms with van der Waals surface area (Å²) in [6.45, 7) is 4.62. The van der Waals surface area contributed by atoms with E-state index in [0.29, 0.717) is 6.04 Å². The van der Waals surface area contributed by atoms with Crippen LogP contribution in [0.2, 0.25) is 0 Å². The highest BCUT2D eigenvalue weighted by Gasteiger charge is 2.23. The second-order valence-electron chi connectivity index (χ2n) is 5.21. The maximum atomic E-state index is 10.9. The Kier molecular flexibility index (Phi) is 4.87. The Bertz CT molecular complexity index is 410. The number of carboxylic acids is 1. The lowest BCUT2D eigenvalue weighted by molar-refractivity contribution is -0.137. The largest absolute Gasteiger partial charge is 0.481 e. The number of rotatable bonds is 4. The van der Waals surface area contributed by atoms with Crippen molar-refractivity contribution in [2.24, 2.45) is 0 Å². The quantitative estimate of drug-likeness (QED) is 0.852. The fraction of sp³-hybridized carbons (Fsp3) is 0.571. The smallest absolute Gasteiger partial charge is 0.304 e. The monoisotopic (exact) mass is 263 g/mol. The number of nitrogens with one attached hydrogen (secondary N) is 1. The van der Waals surface area contributed by atoms with Crippen molar-refractivity contribution >= 4 is 5.97 Å². The van der Waals surface area contributed by atoms with Crippen molar-refractivity contribution in [1.82, 2.24) is 15.2 Å². The van der Waals surface area contributed by atoms with Gasteiger partial charge in [0.05, 0.1) is 12.1 Å². The number of aliphatic carboxylic acids is 1. The number of nitrogens with zero attached hydrogens (tertiary/aromatic N) is 2. The third kappa shape index (κ3) is 4.61. The highest BCUT2D eigenvalue weighted by Crippen LogP contribution is 2.11. The number of hydrogen-bond donors (Lipinski definition) is 2. The van der Waals surface area contributed by atoms with Crippen molar-refractivity contribution < 1.29 is 9.90 Å². The molecule has 2 N–H and O–H groups in total. The normalized spacial score (nSPS) is 24.9. The molecule has 0 saturated carbocycles. The zero-order chi connectivity index (χ0) is 13.7. The Morgan fingerprint density at radius 3 is 3.11 bits per heavy atom. The molecular formula is C14H21N3O2. The molecule has 0 bridgehead atoms. The predicted molar refractivity (Wildman–Crippen MR) is 72.8 cm³/mol. The van der Waals surface area contributed by atoms with E-state index in [2.05, 4.69) is 22.1 Å². The molecule has 2 atom stereocenters. The van der Waals surface area contributed by atoms with Crippen LogP contribution in [-0.4, -0.2) is 46.1 Å². The maximum Gasteiger partial charge on any atom is 0.304 e. The molecule has 104 valence electrons. The van der Waals surface area contributed by atoms with Crippen LogP contribution in [0.15, 0.2) is 24.4 Å². The van der Waals surface area contributed by atoms with Crippen LogP contribution in [0, 0.1) is 0 Å². The van der Waals surface area contributed by atoms with Crippen LogP contribution in [0.25, 0.3) is 0 Å². The number of carboxylic acid groups (broad SMARTS) is 1. The SMILES string of the molecule is CC1CCN(Cc2ccccn2)CC(CC(=O)O)N1. The number of pyridine rings is 1. The van der Waals surface area contributed by atoms with E-state index >= 15 is 0 Å². The van der Waals surface area contributed by atoms with E-state index in [-0.39, 0.29) is 12.5 Å². The van der Waals surface area contributed by atoms with Gasteiger partial charge in [-0.2, -0.15) is 0 Å². The molecule has 1 aromatic heterocycles. The summed E-state index contributed by atoms with van der Waals surface area (Å²) in [5, 5.41) is 12.3. The van der Waals surface area contributed by atoms with Gasteiger partial charge >= 0.3 is 5.97 Å². The topological polar surface area (TPSA) is 65.5 Å². The highest BCUT2D eigenvalue weighted by molar-refractivity contribution is 5.67. The summed E-state index contributed by atoms with van der Waals surface area (Å²) in [6, 6.07) is 6.27. The second-order valence-corrected chi connectivity index (χ2v) is 5.21. The molecule has 0 amide bonds. The van der Waals surface area contributed by atoms with E-state index in [9.17, 15) is 4.79 Å². The van der Waals surface area contributed by atoms with Crippen molar-refractivity contribution in [3.63, 3.8) is 0 Å². The standard InChI is InChI=1S/C14H21N3O2/c1-11-5-7-17(9-12-4-2-3-6-15-12)10-13(16-11)8-14(18)19/h2-4,6,11,13,16H,5,7-10H2,1H3,(H,18,19). The first kappa shape index (κ1) is 14.0. The Morgan fingerprint density at radius 1 is 1.58 bits per heavy atom. The zero-order valence-corrected chi connectivity index (χ0v) is 11.2. The van der Waals surface area contributed by atoms with Gasteiger partial charge in [0.1, 0.15) is 0 Å². The van der Waals surface area contributed by atoms with Gasteiger partial charge in [-0.3, -0.25) is 14.7 Å². The molecular weight excluding hydrogens is 242 g/mol. The van der Waals surface area contributed by atoms with Crippen molar-refractivity contribution in [3.05, 3.63) is 30.1 Å². The molecule has 1 fully saturated rings. The summed E-state index contributed by atoms with van der Waals surface area (Å²) >= 11 is 0. The summed E-state index contributed by atoms with van der Waals surface area (Å²) in [5.41, 5.74) is 1.03. The minimum Gasteiger partial charge on any atom is -0.481 e. The molecule has 2 rings (SSSR count). The van der Waals surface area contributed by atoms with Crippen LogP contribution in [0.4, 0.5) is 0 Å². The maximum absolute atomic E-state index is 10.9. The van der Waals surface area contributed by atoms with Crippen molar-refractivity contribution in [2.75, 3.05) is 13.1 Å².